The minimum absolute atomic E-state index is 0.233. The van der Waals surface area contributed by atoms with Gasteiger partial charge in [0.2, 0.25) is 0 Å². The summed E-state index contributed by atoms with van der Waals surface area (Å²) in [5, 5.41) is 0. The lowest BCUT2D eigenvalue weighted by Crippen LogP contribution is -1.99. The van der Waals surface area contributed by atoms with E-state index < -0.39 is 0 Å². The number of ketones is 1. The molecule has 0 N–H and O–H groups in total. The Morgan fingerprint density at radius 2 is 1.76 bits per heavy atom. The van der Waals surface area contributed by atoms with Gasteiger partial charge in [0.15, 0.2) is 5.78 Å². The number of carbonyl (C=O) groups excluding carboxylic acids is 1. The van der Waals surface area contributed by atoms with Gasteiger partial charge in [0.1, 0.15) is 0 Å². The van der Waals surface area contributed by atoms with E-state index in [2.05, 4.69) is 19.1 Å². The quantitative estimate of drug-likeness (QED) is 0.723. The third-order valence-corrected chi connectivity index (χ3v) is 4.05. The Kier molecular flexibility index (Phi) is 4.10. The highest BCUT2D eigenvalue weighted by atomic mass is 32.1. The average Bonchev–Trinajstić information content (AvgIpc) is 2.85. The number of Topliss-reactive ketones (excluding diaryl/α,β-unsaturated/α-hetero) is 1. The van der Waals surface area contributed by atoms with Crippen molar-refractivity contribution in [1.29, 1.82) is 0 Å². The summed E-state index contributed by atoms with van der Waals surface area (Å²) in [6.45, 7) is 2.16. The van der Waals surface area contributed by atoms with Crippen LogP contribution in [0.4, 0.5) is 0 Å². The molecule has 0 saturated carbocycles. The number of hydrogen-bond acceptors (Lipinski definition) is 2. The molecular weight excluding hydrogens is 228 g/mol. The Morgan fingerprint density at radius 3 is 2.41 bits per heavy atom. The average molecular weight is 244 g/mol. The van der Waals surface area contributed by atoms with Crippen molar-refractivity contribution in [2.75, 3.05) is 0 Å². The standard InChI is InChI=1S/C15H16OS/c1-2-13-8-9-14(17-13)10-11-15(16)12-6-4-3-5-7-12/h3-9H,2,10-11H2,1H3. The molecule has 0 saturated heterocycles. The van der Waals surface area contributed by atoms with Crippen molar-refractivity contribution in [3.63, 3.8) is 0 Å². The normalized spacial score (nSPS) is 10.4. The van der Waals surface area contributed by atoms with Crippen molar-refractivity contribution >= 4 is 17.1 Å². The molecular formula is C15H16OS. The fourth-order valence-electron chi connectivity index (χ4n) is 1.75. The molecule has 1 aromatic carbocycles. The second kappa shape index (κ2) is 5.78. The summed E-state index contributed by atoms with van der Waals surface area (Å²) >= 11 is 1.82. The molecule has 2 rings (SSSR count). The van der Waals surface area contributed by atoms with Gasteiger partial charge < -0.3 is 0 Å². The Morgan fingerprint density at radius 1 is 1.06 bits per heavy atom. The molecule has 0 spiro atoms. The summed E-state index contributed by atoms with van der Waals surface area (Å²) < 4.78 is 0. The molecule has 17 heavy (non-hydrogen) atoms. The molecule has 0 aliphatic heterocycles. The molecule has 0 unspecified atom stereocenters. The Balaban J connectivity index is 1.92. The highest BCUT2D eigenvalue weighted by Crippen LogP contribution is 2.19. The second-order valence-corrected chi connectivity index (χ2v) is 5.26. The van der Waals surface area contributed by atoms with Crippen LogP contribution in [0.5, 0.6) is 0 Å². The fraction of sp³-hybridized carbons (Fsp3) is 0.267. The monoisotopic (exact) mass is 244 g/mol. The van der Waals surface area contributed by atoms with E-state index in [-0.39, 0.29) is 5.78 Å². The van der Waals surface area contributed by atoms with Gasteiger partial charge in [0.05, 0.1) is 0 Å². The second-order valence-electron chi connectivity index (χ2n) is 4.01. The molecule has 1 nitrogen and oxygen atoms in total. The zero-order chi connectivity index (χ0) is 12.1. The van der Waals surface area contributed by atoms with E-state index >= 15 is 0 Å². The van der Waals surface area contributed by atoms with Crippen LogP contribution >= 0.6 is 11.3 Å². The smallest absolute Gasteiger partial charge is 0.163 e. The molecule has 2 heteroatoms. The van der Waals surface area contributed by atoms with Gasteiger partial charge in [-0.3, -0.25) is 4.79 Å². The van der Waals surface area contributed by atoms with Crippen LogP contribution in [0.2, 0.25) is 0 Å². The topological polar surface area (TPSA) is 17.1 Å². The largest absolute Gasteiger partial charge is 0.294 e. The summed E-state index contributed by atoms with van der Waals surface area (Å²) in [6.07, 6.45) is 2.55. The van der Waals surface area contributed by atoms with E-state index in [4.69, 9.17) is 0 Å². The third kappa shape index (κ3) is 3.27. The molecule has 0 amide bonds. The number of benzene rings is 1. The molecule has 2 aromatic rings. The molecule has 1 heterocycles. The van der Waals surface area contributed by atoms with Crippen LogP contribution in [0.25, 0.3) is 0 Å². The molecule has 88 valence electrons. The van der Waals surface area contributed by atoms with Gasteiger partial charge in [-0.2, -0.15) is 0 Å². The van der Waals surface area contributed by atoms with Crippen molar-refractivity contribution < 1.29 is 4.79 Å². The lowest BCUT2D eigenvalue weighted by Gasteiger charge is -1.99. The van der Waals surface area contributed by atoms with E-state index in [1.807, 2.05) is 41.7 Å². The maximum atomic E-state index is 11.9. The molecule has 0 radical (unpaired) electrons. The van der Waals surface area contributed by atoms with Crippen LogP contribution in [0, 0.1) is 0 Å². The van der Waals surface area contributed by atoms with Gasteiger partial charge in [0, 0.05) is 21.7 Å². The molecule has 1 aromatic heterocycles. The van der Waals surface area contributed by atoms with Crippen molar-refractivity contribution in [2.45, 2.75) is 26.2 Å². The summed E-state index contributed by atoms with van der Waals surface area (Å²) in [7, 11) is 0. The first-order chi connectivity index (χ1) is 8.29. The maximum absolute atomic E-state index is 11.9. The predicted molar refractivity (Wildman–Crippen MR) is 72.8 cm³/mol. The number of rotatable bonds is 5. The molecule has 0 bridgehead atoms. The van der Waals surface area contributed by atoms with Crippen LogP contribution in [0.3, 0.4) is 0 Å². The van der Waals surface area contributed by atoms with Crippen LogP contribution in [-0.4, -0.2) is 5.78 Å². The number of hydrogen-bond donors (Lipinski definition) is 0. The number of aryl methyl sites for hydroxylation is 2. The van der Waals surface area contributed by atoms with Crippen LogP contribution in [-0.2, 0) is 12.8 Å². The van der Waals surface area contributed by atoms with E-state index in [9.17, 15) is 4.79 Å². The SMILES string of the molecule is CCc1ccc(CCC(=O)c2ccccc2)s1. The molecule has 0 fully saturated rings. The Hall–Kier alpha value is -1.41. The lowest BCUT2D eigenvalue weighted by atomic mass is 10.1. The minimum atomic E-state index is 0.233. The van der Waals surface area contributed by atoms with E-state index in [0.29, 0.717) is 6.42 Å². The summed E-state index contributed by atoms with van der Waals surface area (Å²) in [4.78, 5) is 14.6. The van der Waals surface area contributed by atoms with Crippen LogP contribution < -0.4 is 0 Å². The highest BCUT2D eigenvalue weighted by Gasteiger charge is 2.06. The van der Waals surface area contributed by atoms with Crippen LogP contribution in [0.1, 0.15) is 33.5 Å². The summed E-state index contributed by atoms with van der Waals surface area (Å²) in [6, 6.07) is 13.8. The molecule has 0 atom stereocenters. The third-order valence-electron chi connectivity index (χ3n) is 2.76. The molecule has 0 aliphatic carbocycles. The first kappa shape index (κ1) is 12.1. The number of carbonyl (C=O) groups is 1. The zero-order valence-electron chi connectivity index (χ0n) is 9.98. The van der Waals surface area contributed by atoms with Crippen molar-refractivity contribution in [2.24, 2.45) is 0 Å². The molecule has 0 aliphatic rings. The zero-order valence-corrected chi connectivity index (χ0v) is 10.8. The van der Waals surface area contributed by atoms with E-state index in [0.717, 1.165) is 18.4 Å². The maximum Gasteiger partial charge on any atom is 0.163 e. The van der Waals surface area contributed by atoms with Crippen LogP contribution in [0.15, 0.2) is 42.5 Å². The van der Waals surface area contributed by atoms with Gasteiger partial charge >= 0.3 is 0 Å². The van der Waals surface area contributed by atoms with E-state index in [1.54, 1.807) is 0 Å². The van der Waals surface area contributed by atoms with Gasteiger partial charge in [-0.1, -0.05) is 37.3 Å². The summed E-state index contributed by atoms with van der Waals surface area (Å²) in [5.74, 6) is 0.233. The van der Waals surface area contributed by atoms with Gasteiger partial charge in [-0.25, -0.2) is 0 Å². The van der Waals surface area contributed by atoms with E-state index in [1.165, 1.54) is 9.75 Å². The Labute approximate surface area is 106 Å². The minimum Gasteiger partial charge on any atom is -0.294 e. The first-order valence-electron chi connectivity index (χ1n) is 5.95. The van der Waals surface area contributed by atoms with Gasteiger partial charge in [-0.15, -0.1) is 11.3 Å². The van der Waals surface area contributed by atoms with Crippen molar-refractivity contribution in [3.05, 3.63) is 57.8 Å². The van der Waals surface area contributed by atoms with Crippen molar-refractivity contribution in [1.82, 2.24) is 0 Å². The highest BCUT2D eigenvalue weighted by molar-refractivity contribution is 7.11. The van der Waals surface area contributed by atoms with Crippen molar-refractivity contribution in [3.8, 4) is 0 Å². The Bertz CT molecular complexity index is 485. The summed E-state index contributed by atoms with van der Waals surface area (Å²) in [5.41, 5.74) is 0.819. The van der Waals surface area contributed by atoms with Gasteiger partial charge in [-0.05, 0) is 25.0 Å². The van der Waals surface area contributed by atoms with Gasteiger partial charge in [0.25, 0.3) is 0 Å². The number of thiophene rings is 1. The predicted octanol–water partition coefficient (Wildman–Crippen LogP) is 4.13. The lowest BCUT2D eigenvalue weighted by molar-refractivity contribution is 0.0983. The fourth-order valence-corrected chi connectivity index (χ4v) is 2.71. The first-order valence-corrected chi connectivity index (χ1v) is 6.77.